The van der Waals surface area contributed by atoms with Crippen molar-refractivity contribution in [3.05, 3.63) is 29.1 Å². The molecule has 0 aliphatic heterocycles. The molecule has 0 saturated heterocycles. The second kappa shape index (κ2) is 5.07. The van der Waals surface area contributed by atoms with E-state index in [0.717, 1.165) is 29.7 Å². The molecule has 0 aromatic heterocycles. The van der Waals surface area contributed by atoms with Gasteiger partial charge in [-0.05, 0) is 61.8 Å². The van der Waals surface area contributed by atoms with Crippen molar-refractivity contribution in [1.29, 1.82) is 0 Å². The summed E-state index contributed by atoms with van der Waals surface area (Å²) in [6.45, 7) is 5.93. The van der Waals surface area contributed by atoms with E-state index < -0.39 is 0 Å². The highest BCUT2D eigenvalue weighted by Gasteiger charge is 2.19. The van der Waals surface area contributed by atoms with Crippen molar-refractivity contribution in [2.45, 2.75) is 58.5 Å². The Labute approximate surface area is 103 Å². The average molecular weight is 236 g/mol. The highest BCUT2D eigenvalue weighted by Crippen LogP contribution is 2.30. The number of halogens is 1. The van der Waals surface area contributed by atoms with E-state index in [1.807, 2.05) is 26.8 Å². The number of rotatable bonds is 3. The Hall–Kier alpha value is -1.05. The lowest BCUT2D eigenvalue weighted by Gasteiger charge is -2.17. The normalized spacial score (nSPS) is 16.8. The van der Waals surface area contributed by atoms with Crippen LogP contribution in [0.3, 0.4) is 0 Å². The number of aryl methyl sites for hydroxylation is 1. The first kappa shape index (κ1) is 12.4. The van der Waals surface area contributed by atoms with Gasteiger partial charge in [0.15, 0.2) is 0 Å². The minimum atomic E-state index is -0.115. The Balaban J connectivity index is 2.23. The minimum Gasteiger partial charge on any atom is -0.490 e. The van der Waals surface area contributed by atoms with Crippen molar-refractivity contribution in [3.63, 3.8) is 0 Å². The van der Waals surface area contributed by atoms with Gasteiger partial charge in [0.25, 0.3) is 0 Å². The van der Waals surface area contributed by atoms with Crippen molar-refractivity contribution < 1.29 is 9.13 Å². The molecule has 0 spiro atoms. The van der Waals surface area contributed by atoms with E-state index in [4.69, 9.17) is 4.74 Å². The van der Waals surface area contributed by atoms with Crippen LogP contribution in [-0.4, -0.2) is 6.10 Å². The third-order valence-corrected chi connectivity index (χ3v) is 3.51. The van der Waals surface area contributed by atoms with Crippen LogP contribution in [0.5, 0.6) is 5.75 Å². The first-order valence-corrected chi connectivity index (χ1v) is 6.54. The SMILES string of the molecule is Cc1cc(F)c(C(C)C)cc1OC1CCCC1. The van der Waals surface area contributed by atoms with Gasteiger partial charge in [0, 0.05) is 0 Å². The van der Waals surface area contributed by atoms with Gasteiger partial charge < -0.3 is 4.74 Å². The topological polar surface area (TPSA) is 9.23 Å². The third kappa shape index (κ3) is 2.80. The van der Waals surface area contributed by atoms with Gasteiger partial charge in [0.1, 0.15) is 11.6 Å². The summed E-state index contributed by atoms with van der Waals surface area (Å²) < 4.78 is 19.7. The third-order valence-electron chi connectivity index (χ3n) is 3.51. The second-order valence-electron chi connectivity index (χ2n) is 5.32. The van der Waals surface area contributed by atoms with E-state index in [9.17, 15) is 4.39 Å². The maximum absolute atomic E-state index is 13.7. The van der Waals surface area contributed by atoms with Crippen LogP contribution in [0, 0.1) is 12.7 Å². The van der Waals surface area contributed by atoms with Crippen molar-refractivity contribution in [1.82, 2.24) is 0 Å². The molecule has 2 rings (SSSR count). The van der Waals surface area contributed by atoms with Gasteiger partial charge in [0.05, 0.1) is 6.10 Å². The van der Waals surface area contributed by atoms with Gasteiger partial charge >= 0.3 is 0 Å². The molecule has 2 heteroatoms. The van der Waals surface area contributed by atoms with E-state index in [1.54, 1.807) is 6.07 Å². The highest BCUT2D eigenvalue weighted by molar-refractivity contribution is 5.39. The molecule has 1 nitrogen and oxygen atoms in total. The molecular weight excluding hydrogens is 215 g/mol. The first-order valence-electron chi connectivity index (χ1n) is 6.54. The van der Waals surface area contributed by atoms with Crippen LogP contribution in [-0.2, 0) is 0 Å². The summed E-state index contributed by atoms with van der Waals surface area (Å²) in [6, 6.07) is 3.48. The molecule has 17 heavy (non-hydrogen) atoms. The van der Waals surface area contributed by atoms with E-state index in [1.165, 1.54) is 12.8 Å². The van der Waals surface area contributed by atoms with Gasteiger partial charge in [-0.15, -0.1) is 0 Å². The molecule has 1 aliphatic rings. The lowest BCUT2D eigenvalue weighted by Crippen LogP contribution is -2.12. The molecule has 1 aliphatic carbocycles. The maximum Gasteiger partial charge on any atom is 0.127 e. The van der Waals surface area contributed by atoms with E-state index in [2.05, 4.69) is 0 Å². The first-order chi connectivity index (χ1) is 8.08. The lowest BCUT2D eigenvalue weighted by molar-refractivity contribution is 0.208. The maximum atomic E-state index is 13.7. The van der Waals surface area contributed by atoms with E-state index in [-0.39, 0.29) is 11.7 Å². The zero-order valence-corrected chi connectivity index (χ0v) is 10.9. The Morgan fingerprint density at radius 1 is 1.24 bits per heavy atom. The number of hydrogen-bond donors (Lipinski definition) is 0. The van der Waals surface area contributed by atoms with Crippen molar-refractivity contribution in [3.8, 4) is 5.75 Å². The van der Waals surface area contributed by atoms with Gasteiger partial charge in [-0.1, -0.05) is 13.8 Å². The molecule has 1 fully saturated rings. The molecule has 1 aromatic rings. The average Bonchev–Trinajstić information content (AvgIpc) is 2.74. The molecule has 0 radical (unpaired) electrons. The Morgan fingerprint density at radius 2 is 1.88 bits per heavy atom. The van der Waals surface area contributed by atoms with Crippen LogP contribution >= 0.6 is 0 Å². The summed E-state index contributed by atoms with van der Waals surface area (Å²) in [5.41, 5.74) is 1.65. The van der Waals surface area contributed by atoms with Crippen LogP contribution in [0.4, 0.5) is 4.39 Å². The summed E-state index contributed by atoms with van der Waals surface area (Å²) in [5.74, 6) is 0.944. The van der Waals surface area contributed by atoms with Gasteiger partial charge in [0.2, 0.25) is 0 Å². The van der Waals surface area contributed by atoms with Crippen LogP contribution < -0.4 is 4.74 Å². The predicted octanol–water partition coefficient (Wildman–Crippen LogP) is 4.58. The molecular formula is C15H21FO. The second-order valence-corrected chi connectivity index (χ2v) is 5.32. The van der Waals surface area contributed by atoms with Crippen LogP contribution in [0.1, 0.15) is 56.6 Å². The van der Waals surface area contributed by atoms with Gasteiger partial charge in [-0.25, -0.2) is 4.39 Å². The van der Waals surface area contributed by atoms with E-state index >= 15 is 0 Å². The largest absolute Gasteiger partial charge is 0.490 e. The van der Waals surface area contributed by atoms with Crippen LogP contribution in [0.25, 0.3) is 0 Å². The van der Waals surface area contributed by atoms with Gasteiger partial charge in [-0.2, -0.15) is 0 Å². The summed E-state index contributed by atoms with van der Waals surface area (Å²) in [4.78, 5) is 0. The standard InChI is InChI=1S/C15H21FO/c1-10(2)13-9-15(11(3)8-14(13)16)17-12-6-4-5-7-12/h8-10,12H,4-7H2,1-3H3. The molecule has 0 N–H and O–H groups in total. The Bertz CT molecular complexity index is 392. The fourth-order valence-corrected chi connectivity index (χ4v) is 2.42. The molecule has 0 atom stereocenters. The summed E-state index contributed by atoms with van der Waals surface area (Å²) in [5, 5.41) is 0. The van der Waals surface area contributed by atoms with Crippen LogP contribution in [0.15, 0.2) is 12.1 Å². The fraction of sp³-hybridized carbons (Fsp3) is 0.600. The van der Waals surface area contributed by atoms with Gasteiger partial charge in [-0.3, -0.25) is 0 Å². The molecule has 0 unspecified atom stereocenters. The molecule has 0 heterocycles. The number of benzene rings is 1. The quantitative estimate of drug-likeness (QED) is 0.746. The fourth-order valence-electron chi connectivity index (χ4n) is 2.42. The smallest absolute Gasteiger partial charge is 0.127 e. The Morgan fingerprint density at radius 3 is 2.47 bits per heavy atom. The molecule has 94 valence electrons. The Kier molecular flexibility index (Phi) is 3.70. The molecule has 1 saturated carbocycles. The van der Waals surface area contributed by atoms with Crippen molar-refractivity contribution >= 4 is 0 Å². The molecule has 0 amide bonds. The summed E-state index contributed by atoms with van der Waals surface area (Å²) in [6.07, 6.45) is 5.10. The molecule has 0 bridgehead atoms. The van der Waals surface area contributed by atoms with Crippen LogP contribution in [0.2, 0.25) is 0 Å². The summed E-state index contributed by atoms with van der Waals surface area (Å²) in [7, 11) is 0. The monoisotopic (exact) mass is 236 g/mol. The van der Waals surface area contributed by atoms with E-state index in [0.29, 0.717) is 6.10 Å². The zero-order valence-electron chi connectivity index (χ0n) is 10.9. The van der Waals surface area contributed by atoms with Crippen molar-refractivity contribution in [2.24, 2.45) is 0 Å². The lowest BCUT2D eigenvalue weighted by atomic mass is 10.0. The molecule has 1 aromatic carbocycles. The zero-order chi connectivity index (χ0) is 12.4. The minimum absolute atomic E-state index is 0.115. The van der Waals surface area contributed by atoms with Crippen molar-refractivity contribution in [2.75, 3.05) is 0 Å². The summed E-state index contributed by atoms with van der Waals surface area (Å²) >= 11 is 0. The number of hydrogen-bond acceptors (Lipinski definition) is 1. The predicted molar refractivity (Wildman–Crippen MR) is 68.1 cm³/mol. The highest BCUT2D eigenvalue weighted by atomic mass is 19.1. The number of ether oxygens (including phenoxy) is 1.